The molecule has 1 amide bonds. The van der Waals surface area contributed by atoms with Crippen molar-refractivity contribution in [3.8, 4) is 11.3 Å². The molecule has 116 valence electrons. The maximum atomic E-state index is 11.6. The average Bonchev–Trinajstić information content (AvgIpc) is 2.89. The number of ether oxygens (including phenoxy) is 1. The molecule has 0 spiro atoms. The molecular formula is C17H20N2O2S. The van der Waals surface area contributed by atoms with E-state index in [0.717, 1.165) is 54.2 Å². The van der Waals surface area contributed by atoms with Gasteiger partial charge in [0.05, 0.1) is 10.7 Å². The van der Waals surface area contributed by atoms with E-state index >= 15 is 0 Å². The van der Waals surface area contributed by atoms with E-state index in [2.05, 4.69) is 16.8 Å². The van der Waals surface area contributed by atoms with Crippen molar-refractivity contribution in [3.05, 3.63) is 34.2 Å². The third-order valence-electron chi connectivity index (χ3n) is 3.82. The van der Waals surface area contributed by atoms with Gasteiger partial charge in [0.25, 0.3) is 0 Å². The number of rotatable bonds is 5. The average molecular weight is 316 g/mol. The molecule has 4 nitrogen and oxygen atoms in total. The van der Waals surface area contributed by atoms with Crippen molar-refractivity contribution in [2.45, 2.75) is 32.1 Å². The lowest BCUT2D eigenvalue weighted by Gasteiger charge is -2.08. The summed E-state index contributed by atoms with van der Waals surface area (Å²) in [5, 5.41) is 6.23. The van der Waals surface area contributed by atoms with Crippen molar-refractivity contribution in [1.29, 1.82) is 0 Å². The minimum atomic E-state index is 0.112. The number of methoxy groups -OCH3 is 1. The summed E-state index contributed by atoms with van der Waals surface area (Å²) in [7, 11) is 1.72. The van der Waals surface area contributed by atoms with Gasteiger partial charge in [0.1, 0.15) is 0 Å². The van der Waals surface area contributed by atoms with E-state index in [1.807, 2.05) is 12.1 Å². The van der Waals surface area contributed by atoms with Crippen molar-refractivity contribution < 1.29 is 9.53 Å². The maximum Gasteiger partial charge on any atom is 0.224 e. The van der Waals surface area contributed by atoms with E-state index in [1.54, 1.807) is 18.4 Å². The van der Waals surface area contributed by atoms with Crippen LogP contribution in [0.15, 0.2) is 23.6 Å². The summed E-state index contributed by atoms with van der Waals surface area (Å²) < 4.78 is 5.08. The molecule has 0 bridgehead atoms. The number of amides is 1. The molecule has 0 radical (unpaired) electrons. The summed E-state index contributed by atoms with van der Waals surface area (Å²) >= 11 is 1.70. The maximum absolute atomic E-state index is 11.6. The van der Waals surface area contributed by atoms with Crippen LogP contribution in [0.4, 0.5) is 5.69 Å². The van der Waals surface area contributed by atoms with Crippen LogP contribution >= 0.6 is 11.3 Å². The van der Waals surface area contributed by atoms with Crippen molar-refractivity contribution in [2.24, 2.45) is 0 Å². The topological polar surface area (TPSA) is 51.2 Å². The Balaban J connectivity index is 1.78. The lowest BCUT2D eigenvalue weighted by Crippen LogP contribution is -2.09. The highest BCUT2D eigenvalue weighted by Gasteiger charge is 2.14. The van der Waals surface area contributed by atoms with Crippen LogP contribution in [0, 0.1) is 0 Å². The van der Waals surface area contributed by atoms with Crippen molar-refractivity contribution >= 4 is 22.9 Å². The van der Waals surface area contributed by atoms with Gasteiger partial charge >= 0.3 is 0 Å². The highest BCUT2D eigenvalue weighted by atomic mass is 32.1. The Morgan fingerprint density at radius 1 is 1.36 bits per heavy atom. The van der Waals surface area contributed by atoms with Gasteiger partial charge in [-0.15, -0.1) is 11.3 Å². The molecule has 0 atom stereocenters. The number of aromatic nitrogens is 1. The number of aryl methyl sites for hydroxylation is 2. The fourth-order valence-electron chi connectivity index (χ4n) is 2.66. The first-order valence-corrected chi connectivity index (χ1v) is 8.51. The van der Waals surface area contributed by atoms with Gasteiger partial charge in [-0.3, -0.25) is 4.79 Å². The zero-order valence-electron chi connectivity index (χ0n) is 12.7. The standard InChI is InChI=1S/C17H20N2O2S/c1-21-9-3-6-17-19-15(11-22-17)13-7-8-14-12(10-13)4-2-5-16(20)18-14/h7-8,10-11H,2-6,9H2,1H3,(H,18,20). The molecule has 2 heterocycles. The predicted molar refractivity (Wildman–Crippen MR) is 89.3 cm³/mol. The highest BCUT2D eigenvalue weighted by molar-refractivity contribution is 7.09. The molecule has 0 unspecified atom stereocenters. The fraction of sp³-hybridized carbons (Fsp3) is 0.412. The van der Waals surface area contributed by atoms with Gasteiger partial charge in [-0.1, -0.05) is 6.07 Å². The number of nitrogens with one attached hydrogen (secondary N) is 1. The quantitative estimate of drug-likeness (QED) is 0.856. The number of carbonyl (C=O) groups is 1. The van der Waals surface area contributed by atoms with Gasteiger partial charge in [-0.2, -0.15) is 0 Å². The van der Waals surface area contributed by atoms with E-state index in [9.17, 15) is 4.79 Å². The first kappa shape index (κ1) is 15.2. The summed E-state index contributed by atoms with van der Waals surface area (Å²) in [5.74, 6) is 0.112. The number of anilines is 1. The molecule has 1 N–H and O–H groups in total. The SMILES string of the molecule is COCCCc1nc(-c2ccc3c(c2)CCCC(=O)N3)cs1. The third kappa shape index (κ3) is 3.54. The third-order valence-corrected chi connectivity index (χ3v) is 4.72. The highest BCUT2D eigenvalue weighted by Crippen LogP contribution is 2.29. The van der Waals surface area contributed by atoms with Crippen LogP contribution in [0.3, 0.4) is 0 Å². The summed E-state index contributed by atoms with van der Waals surface area (Å²) in [5.41, 5.74) is 4.30. The van der Waals surface area contributed by atoms with E-state index in [4.69, 9.17) is 9.72 Å². The van der Waals surface area contributed by atoms with Crippen LogP contribution in [0.25, 0.3) is 11.3 Å². The van der Waals surface area contributed by atoms with Gasteiger partial charge in [0, 0.05) is 43.2 Å². The largest absolute Gasteiger partial charge is 0.385 e. The lowest BCUT2D eigenvalue weighted by molar-refractivity contribution is -0.116. The number of nitrogens with zero attached hydrogens (tertiary/aromatic N) is 1. The Hall–Kier alpha value is -1.72. The molecule has 0 saturated heterocycles. The number of thiazole rings is 1. The van der Waals surface area contributed by atoms with Crippen LogP contribution < -0.4 is 5.32 Å². The predicted octanol–water partition coefficient (Wildman–Crippen LogP) is 3.66. The Morgan fingerprint density at radius 3 is 3.14 bits per heavy atom. The van der Waals surface area contributed by atoms with Gasteiger partial charge in [-0.25, -0.2) is 4.98 Å². The monoisotopic (exact) mass is 316 g/mol. The van der Waals surface area contributed by atoms with Crippen molar-refractivity contribution in [1.82, 2.24) is 4.98 Å². The number of hydrogen-bond acceptors (Lipinski definition) is 4. The van der Waals surface area contributed by atoms with Gasteiger partial charge < -0.3 is 10.1 Å². The fourth-order valence-corrected chi connectivity index (χ4v) is 3.51. The number of benzene rings is 1. The molecule has 0 fully saturated rings. The van der Waals surface area contributed by atoms with E-state index in [1.165, 1.54) is 5.56 Å². The summed E-state index contributed by atoms with van der Waals surface area (Å²) in [6, 6.07) is 6.20. The van der Waals surface area contributed by atoms with Crippen LogP contribution in [-0.4, -0.2) is 24.6 Å². The first-order valence-electron chi connectivity index (χ1n) is 7.63. The van der Waals surface area contributed by atoms with E-state index < -0.39 is 0 Å². The molecule has 22 heavy (non-hydrogen) atoms. The van der Waals surface area contributed by atoms with E-state index in [-0.39, 0.29) is 5.91 Å². The molecule has 1 aromatic heterocycles. The summed E-state index contributed by atoms with van der Waals surface area (Å²) in [6.07, 6.45) is 4.40. The molecule has 3 rings (SSSR count). The zero-order valence-corrected chi connectivity index (χ0v) is 13.5. The van der Waals surface area contributed by atoms with Gasteiger partial charge in [0.2, 0.25) is 5.91 Å². The van der Waals surface area contributed by atoms with Crippen molar-refractivity contribution in [2.75, 3.05) is 19.0 Å². The van der Waals surface area contributed by atoms with Gasteiger partial charge in [-0.05, 0) is 37.0 Å². The summed E-state index contributed by atoms with van der Waals surface area (Å²) in [4.78, 5) is 16.3. The smallest absolute Gasteiger partial charge is 0.224 e. The second kappa shape index (κ2) is 7.03. The molecular weight excluding hydrogens is 296 g/mol. The molecule has 1 aromatic carbocycles. The minimum absolute atomic E-state index is 0.112. The second-order valence-corrected chi connectivity index (χ2v) is 6.44. The normalized spacial score (nSPS) is 14.3. The molecule has 0 aliphatic carbocycles. The first-order chi connectivity index (χ1) is 10.8. The second-order valence-electron chi connectivity index (χ2n) is 5.50. The lowest BCUT2D eigenvalue weighted by atomic mass is 10.0. The van der Waals surface area contributed by atoms with Crippen LogP contribution in [0.1, 0.15) is 29.8 Å². The van der Waals surface area contributed by atoms with Crippen LogP contribution in [0.5, 0.6) is 0 Å². The van der Waals surface area contributed by atoms with Gasteiger partial charge in [0.15, 0.2) is 0 Å². The zero-order chi connectivity index (χ0) is 15.4. The summed E-state index contributed by atoms with van der Waals surface area (Å²) in [6.45, 7) is 0.771. The Bertz CT molecular complexity index is 666. The molecule has 1 aliphatic heterocycles. The molecule has 2 aromatic rings. The number of hydrogen-bond donors (Lipinski definition) is 1. The van der Waals surface area contributed by atoms with E-state index in [0.29, 0.717) is 6.42 Å². The van der Waals surface area contributed by atoms with Crippen LogP contribution in [0.2, 0.25) is 0 Å². The molecule has 1 aliphatic rings. The Labute approximate surface area is 134 Å². The number of carbonyl (C=O) groups excluding carboxylic acids is 1. The molecule has 0 saturated carbocycles. The number of fused-ring (bicyclic) bond motifs is 1. The molecule has 5 heteroatoms. The Kier molecular flexibility index (Phi) is 4.85. The van der Waals surface area contributed by atoms with Crippen molar-refractivity contribution in [3.63, 3.8) is 0 Å². The minimum Gasteiger partial charge on any atom is -0.385 e. The Morgan fingerprint density at radius 2 is 2.27 bits per heavy atom. The van der Waals surface area contributed by atoms with Crippen LogP contribution in [-0.2, 0) is 22.4 Å².